The fourth-order valence-electron chi connectivity index (χ4n) is 3.97. The van der Waals surface area contributed by atoms with Crippen LogP contribution in [-0.4, -0.2) is 34.7 Å². The number of imide groups is 1. The van der Waals surface area contributed by atoms with E-state index in [0.29, 0.717) is 10.7 Å². The average Bonchev–Trinajstić information content (AvgIpc) is 3.40. The van der Waals surface area contributed by atoms with E-state index in [1.165, 1.54) is 6.26 Å². The molecule has 1 saturated heterocycles. The van der Waals surface area contributed by atoms with Crippen molar-refractivity contribution in [3.05, 3.63) is 53.4 Å². The highest BCUT2D eigenvalue weighted by molar-refractivity contribution is 6.31. The van der Waals surface area contributed by atoms with Crippen LogP contribution in [0.5, 0.6) is 0 Å². The molecule has 1 saturated carbocycles. The van der Waals surface area contributed by atoms with Gasteiger partial charge >= 0.3 is 0 Å². The van der Waals surface area contributed by atoms with Crippen LogP contribution < -0.4 is 4.90 Å². The van der Waals surface area contributed by atoms with Crippen molar-refractivity contribution in [2.45, 2.75) is 44.2 Å². The molecule has 2 aliphatic rings. The normalized spacial score (nSPS) is 20.5. The second kappa shape index (κ2) is 7.19. The SMILES string of the molecule is O=C1CC(N(C(=O)c2ccco2)C2CCCC2)C(=O)N1c1ccc(Cl)cc1. The summed E-state index contributed by atoms with van der Waals surface area (Å²) in [6.45, 7) is 0. The second-order valence-electron chi connectivity index (χ2n) is 6.89. The van der Waals surface area contributed by atoms with Gasteiger partial charge in [-0.25, -0.2) is 4.90 Å². The van der Waals surface area contributed by atoms with Gasteiger partial charge < -0.3 is 9.32 Å². The summed E-state index contributed by atoms with van der Waals surface area (Å²) in [6.07, 6.45) is 5.06. The van der Waals surface area contributed by atoms with Crippen LogP contribution in [0.1, 0.15) is 42.7 Å². The summed E-state index contributed by atoms with van der Waals surface area (Å²) in [6, 6.07) is 8.89. The Bertz CT molecular complexity index is 857. The van der Waals surface area contributed by atoms with Crippen LogP contribution in [0.25, 0.3) is 0 Å². The van der Waals surface area contributed by atoms with Crippen molar-refractivity contribution in [3.63, 3.8) is 0 Å². The Kier molecular flexibility index (Phi) is 4.74. The molecule has 1 aromatic carbocycles. The van der Waals surface area contributed by atoms with E-state index in [1.807, 2.05) is 0 Å². The molecule has 140 valence electrons. The summed E-state index contributed by atoms with van der Waals surface area (Å²) in [7, 11) is 0. The molecular formula is C20H19ClN2O4. The fraction of sp³-hybridized carbons (Fsp3) is 0.350. The van der Waals surface area contributed by atoms with E-state index in [-0.39, 0.29) is 35.9 Å². The molecule has 1 aliphatic heterocycles. The number of halogens is 1. The number of hydrogen-bond acceptors (Lipinski definition) is 4. The van der Waals surface area contributed by atoms with Crippen molar-refractivity contribution >= 4 is 35.0 Å². The van der Waals surface area contributed by atoms with Crippen LogP contribution in [0.15, 0.2) is 47.1 Å². The summed E-state index contributed by atoms with van der Waals surface area (Å²) < 4.78 is 5.27. The lowest BCUT2D eigenvalue weighted by Gasteiger charge is -2.32. The topological polar surface area (TPSA) is 70.8 Å². The van der Waals surface area contributed by atoms with Crippen LogP contribution in [0.4, 0.5) is 5.69 Å². The minimum absolute atomic E-state index is 0.0234. The molecular weight excluding hydrogens is 368 g/mol. The van der Waals surface area contributed by atoms with E-state index in [2.05, 4.69) is 0 Å². The van der Waals surface area contributed by atoms with Crippen LogP contribution in [0.3, 0.4) is 0 Å². The molecule has 0 radical (unpaired) electrons. The Labute approximate surface area is 161 Å². The van der Waals surface area contributed by atoms with Gasteiger partial charge in [0.25, 0.3) is 11.8 Å². The van der Waals surface area contributed by atoms with E-state index in [0.717, 1.165) is 30.6 Å². The Balaban J connectivity index is 1.66. The van der Waals surface area contributed by atoms with Gasteiger partial charge in [-0.3, -0.25) is 14.4 Å². The van der Waals surface area contributed by atoms with Gasteiger partial charge in [0.05, 0.1) is 18.4 Å². The minimum atomic E-state index is -0.811. The molecule has 0 bridgehead atoms. The molecule has 1 aromatic heterocycles. The summed E-state index contributed by atoms with van der Waals surface area (Å²) in [5, 5.41) is 0.523. The number of nitrogens with zero attached hydrogens (tertiary/aromatic N) is 2. The standard InChI is InChI=1S/C20H19ClN2O4/c21-13-7-9-15(10-8-13)23-18(24)12-16(19(23)25)22(14-4-1-2-5-14)20(26)17-6-3-11-27-17/h3,6-11,14,16H,1-2,4-5,12H2. The van der Waals surface area contributed by atoms with Crippen molar-refractivity contribution in [2.75, 3.05) is 4.90 Å². The molecule has 2 heterocycles. The maximum absolute atomic E-state index is 13.1. The maximum atomic E-state index is 13.1. The monoisotopic (exact) mass is 386 g/mol. The van der Waals surface area contributed by atoms with Gasteiger partial charge in [0.15, 0.2) is 5.76 Å². The number of hydrogen-bond donors (Lipinski definition) is 0. The first-order valence-electron chi connectivity index (χ1n) is 9.05. The van der Waals surface area contributed by atoms with Gasteiger partial charge in [0, 0.05) is 11.1 Å². The molecule has 7 heteroatoms. The smallest absolute Gasteiger partial charge is 0.290 e. The largest absolute Gasteiger partial charge is 0.459 e. The first-order chi connectivity index (χ1) is 13.1. The van der Waals surface area contributed by atoms with Crippen molar-refractivity contribution in [3.8, 4) is 0 Å². The van der Waals surface area contributed by atoms with Gasteiger partial charge in [0.2, 0.25) is 5.91 Å². The molecule has 2 fully saturated rings. The zero-order valence-electron chi connectivity index (χ0n) is 14.6. The lowest BCUT2D eigenvalue weighted by Crippen LogP contribution is -2.50. The molecule has 27 heavy (non-hydrogen) atoms. The van der Waals surface area contributed by atoms with Crippen LogP contribution in [0, 0.1) is 0 Å². The highest BCUT2D eigenvalue weighted by atomic mass is 35.5. The van der Waals surface area contributed by atoms with Gasteiger partial charge in [0.1, 0.15) is 6.04 Å². The predicted molar refractivity (Wildman–Crippen MR) is 99.5 cm³/mol. The van der Waals surface area contributed by atoms with Crippen LogP contribution in [-0.2, 0) is 9.59 Å². The Hall–Kier alpha value is -2.60. The highest BCUT2D eigenvalue weighted by Gasteiger charge is 2.47. The van der Waals surface area contributed by atoms with E-state index >= 15 is 0 Å². The lowest BCUT2D eigenvalue weighted by molar-refractivity contribution is -0.123. The van der Waals surface area contributed by atoms with Gasteiger partial charge in [-0.1, -0.05) is 24.4 Å². The quantitative estimate of drug-likeness (QED) is 0.752. The minimum Gasteiger partial charge on any atom is -0.459 e. The van der Waals surface area contributed by atoms with E-state index < -0.39 is 6.04 Å². The Morgan fingerprint density at radius 1 is 1.11 bits per heavy atom. The third-order valence-corrected chi connectivity index (χ3v) is 5.48. The Morgan fingerprint density at radius 2 is 1.81 bits per heavy atom. The zero-order valence-corrected chi connectivity index (χ0v) is 15.4. The molecule has 6 nitrogen and oxygen atoms in total. The zero-order chi connectivity index (χ0) is 19.0. The number of anilines is 1. The molecule has 2 aromatic rings. The van der Waals surface area contributed by atoms with Crippen LogP contribution >= 0.6 is 11.6 Å². The molecule has 1 aliphatic carbocycles. The predicted octanol–water partition coefficient (Wildman–Crippen LogP) is 3.65. The number of benzene rings is 1. The van der Waals surface area contributed by atoms with Crippen molar-refractivity contribution < 1.29 is 18.8 Å². The van der Waals surface area contributed by atoms with Crippen molar-refractivity contribution in [1.82, 2.24) is 4.90 Å². The first-order valence-corrected chi connectivity index (χ1v) is 9.42. The average molecular weight is 387 g/mol. The maximum Gasteiger partial charge on any atom is 0.290 e. The lowest BCUT2D eigenvalue weighted by atomic mass is 10.1. The van der Waals surface area contributed by atoms with E-state index in [9.17, 15) is 14.4 Å². The van der Waals surface area contributed by atoms with E-state index in [4.69, 9.17) is 16.0 Å². The molecule has 1 unspecified atom stereocenters. The number of furan rings is 1. The molecule has 1 atom stereocenters. The van der Waals surface area contributed by atoms with Gasteiger partial charge in [-0.15, -0.1) is 0 Å². The van der Waals surface area contributed by atoms with Crippen molar-refractivity contribution in [1.29, 1.82) is 0 Å². The number of amides is 3. The van der Waals surface area contributed by atoms with E-state index in [1.54, 1.807) is 41.3 Å². The van der Waals surface area contributed by atoms with Gasteiger partial charge in [-0.2, -0.15) is 0 Å². The third-order valence-electron chi connectivity index (χ3n) is 5.23. The summed E-state index contributed by atoms with van der Waals surface area (Å²) in [4.78, 5) is 41.5. The van der Waals surface area contributed by atoms with Crippen molar-refractivity contribution in [2.24, 2.45) is 0 Å². The summed E-state index contributed by atoms with van der Waals surface area (Å²) in [5.41, 5.74) is 0.466. The summed E-state index contributed by atoms with van der Waals surface area (Å²) in [5.74, 6) is -0.847. The number of carbonyl (C=O) groups excluding carboxylic acids is 3. The van der Waals surface area contributed by atoms with Gasteiger partial charge in [-0.05, 0) is 49.2 Å². The summed E-state index contributed by atoms with van der Waals surface area (Å²) >= 11 is 5.90. The number of carbonyl (C=O) groups is 3. The van der Waals surface area contributed by atoms with Crippen LogP contribution in [0.2, 0.25) is 5.02 Å². The molecule has 0 N–H and O–H groups in total. The molecule has 4 rings (SSSR count). The first kappa shape index (κ1) is 17.8. The fourth-order valence-corrected chi connectivity index (χ4v) is 4.09. The number of rotatable bonds is 4. The highest BCUT2D eigenvalue weighted by Crippen LogP contribution is 2.33. The molecule has 3 amide bonds. The Morgan fingerprint density at radius 3 is 2.44 bits per heavy atom. The third kappa shape index (κ3) is 3.25. The second-order valence-corrected chi connectivity index (χ2v) is 7.33. The molecule has 0 spiro atoms.